The Morgan fingerprint density at radius 1 is 1.35 bits per heavy atom. The van der Waals surface area contributed by atoms with Gasteiger partial charge in [-0.05, 0) is 31.1 Å². The van der Waals surface area contributed by atoms with Crippen molar-refractivity contribution < 1.29 is 9.13 Å². The molecular weight excluding hydrogens is 277 g/mol. The molecule has 0 saturated carbocycles. The Morgan fingerprint density at radius 2 is 2.00 bits per heavy atom. The van der Waals surface area contributed by atoms with Crippen LogP contribution in [0, 0.1) is 0 Å². The van der Waals surface area contributed by atoms with Gasteiger partial charge in [0.15, 0.2) is 5.90 Å². The van der Waals surface area contributed by atoms with Gasteiger partial charge in [-0.15, -0.1) is 0 Å². The third-order valence-electron chi connectivity index (χ3n) is 2.19. The lowest BCUT2D eigenvalue weighted by atomic mass is 10.1. The van der Waals surface area contributed by atoms with E-state index in [2.05, 4.69) is 18.2 Å². The zero-order valence-corrected chi connectivity index (χ0v) is 13.0. The van der Waals surface area contributed by atoms with Crippen LogP contribution >= 0.6 is 11.6 Å². The molecule has 4 heteroatoms. The average Bonchev–Trinajstić information content (AvgIpc) is 2.35. The van der Waals surface area contributed by atoms with Gasteiger partial charge >= 0.3 is 0 Å². The lowest BCUT2D eigenvalue weighted by Crippen LogP contribution is -2.01. The zero-order valence-electron chi connectivity index (χ0n) is 12.2. The smallest absolute Gasteiger partial charge is 0.184 e. The van der Waals surface area contributed by atoms with Gasteiger partial charge in [-0.2, -0.15) is 0 Å². The van der Waals surface area contributed by atoms with Crippen molar-refractivity contribution in [2.24, 2.45) is 4.99 Å². The Labute approximate surface area is 125 Å². The van der Waals surface area contributed by atoms with Crippen molar-refractivity contribution >= 4 is 17.5 Å². The summed E-state index contributed by atoms with van der Waals surface area (Å²) < 4.78 is 18.3. The molecule has 0 aromatic carbocycles. The maximum Gasteiger partial charge on any atom is 0.184 e. The first kappa shape index (κ1) is 18.4. The molecule has 110 valence electrons. The third-order valence-corrected chi connectivity index (χ3v) is 2.61. The highest BCUT2D eigenvalue weighted by atomic mass is 35.5. The molecule has 0 aliphatic heterocycles. The Kier molecular flexibility index (Phi) is 9.39. The molecule has 0 bridgehead atoms. The van der Waals surface area contributed by atoms with E-state index in [4.69, 9.17) is 16.3 Å². The highest BCUT2D eigenvalue weighted by Gasteiger charge is 1.97. The monoisotopic (exact) mass is 297 g/mol. The van der Waals surface area contributed by atoms with Gasteiger partial charge in [-0.3, -0.25) is 0 Å². The number of hydrogen-bond acceptors (Lipinski definition) is 2. The van der Waals surface area contributed by atoms with Crippen molar-refractivity contribution in [3.8, 4) is 0 Å². The summed E-state index contributed by atoms with van der Waals surface area (Å²) in [4.78, 5) is 4.06. The van der Waals surface area contributed by atoms with Gasteiger partial charge in [0.25, 0.3) is 0 Å². The first-order chi connectivity index (χ1) is 9.36. The fraction of sp³-hybridized carbons (Fsp3) is 0.312. The summed E-state index contributed by atoms with van der Waals surface area (Å²) in [6.07, 6.45) is 6.88. The third kappa shape index (κ3) is 9.34. The fourth-order valence-electron chi connectivity index (χ4n) is 1.22. The minimum Gasteiger partial charge on any atom is -0.481 e. The first-order valence-corrected chi connectivity index (χ1v) is 6.58. The highest BCUT2D eigenvalue weighted by Crippen LogP contribution is 2.12. The molecule has 0 saturated heterocycles. The topological polar surface area (TPSA) is 21.6 Å². The second kappa shape index (κ2) is 10.2. The Morgan fingerprint density at radius 3 is 2.50 bits per heavy atom. The van der Waals surface area contributed by atoms with E-state index in [1.165, 1.54) is 19.2 Å². The summed E-state index contributed by atoms with van der Waals surface area (Å²) in [6.45, 7) is 12.6. The average molecular weight is 298 g/mol. The second-order valence-electron chi connectivity index (χ2n) is 4.21. The maximum atomic E-state index is 12.8. The molecule has 2 nitrogen and oxygen atoms in total. The van der Waals surface area contributed by atoms with Crippen molar-refractivity contribution in [1.29, 1.82) is 0 Å². The van der Waals surface area contributed by atoms with E-state index in [1.807, 2.05) is 0 Å². The molecule has 0 aromatic heterocycles. The summed E-state index contributed by atoms with van der Waals surface area (Å²) in [6, 6.07) is 0. The van der Waals surface area contributed by atoms with Crippen molar-refractivity contribution in [3.05, 3.63) is 59.6 Å². The van der Waals surface area contributed by atoms with Crippen LogP contribution < -0.4 is 0 Å². The summed E-state index contributed by atoms with van der Waals surface area (Å²) in [5.74, 6) is 0.239. The number of aliphatic imine (C=N–C) groups is 1. The SMILES string of the molecule is C=C/C=C(\C=C(/C)F)CCO/C(C)=N/C=C(/Cl)C(=C)C. The molecule has 0 unspecified atom stereocenters. The van der Waals surface area contributed by atoms with Crippen LogP contribution in [0.2, 0.25) is 0 Å². The van der Waals surface area contributed by atoms with E-state index >= 15 is 0 Å². The van der Waals surface area contributed by atoms with Crippen molar-refractivity contribution in [2.75, 3.05) is 6.61 Å². The van der Waals surface area contributed by atoms with E-state index in [9.17, 15) is 4.39 Å². The molecule has 0 spiro atoms. The molecule has 0 aliphatic carbocycles. The minimum absolute atomic E-state index is 0.250. The van der Waals surface area contributed by atoms with Gasteiger partial charge in [0.1, 0.15) is 0 Å². The van der Waals surface area contributed by atoms with Crippen LogP contribution in [0.1, 0.15) is 27.2 Å². The number of allylic oxidation sites excluding steroid dienone is 6. The lowest BCUT2D eigenvalue weighted by molar-refractivity contribution is 0.307. The highest BCUT2D eigenvalue weighted by molar-refractivity contribution is 6.31. The summed E-state index contributed by atoms with van der Waals surface area (Å²) in [5, 5.41) is 0.483. The quantitative estimate of drug-likeness (QED) is 0.348. The van der Waals surface area contributed by atoms with Crippen LogP contribution in [0.3, 0.4) is 0 Å². The molecule has 0 N–H and O–H groups in total. The van der Waals surface area contributed by atoms with Crippen molar-refractivity contribution in [1.82, 2.24) is 0 Å². The molecule has 0 amide bonds. The minimum atomic E-state index is -0.250. The molecular formula is C16H21ClFNO. The molecule has 0 rings (SSSR count). The lowest BCUT2D eigenvalue weighted by Gasteiger charge is -2.05. The molecule has 0 fully saturated rings. The number of ether oxygens (including phenoxy) is 1. The molecule has 0 radical (unpaired) electrons. The zero-order chi connectivity index (χ0) is 15.5. The van der Waals surface area contributed by atoms with E-state index in [0.29, 0.717) is 24.0 Å². The molecule has 0 aromatic rings. The van der Waals surface area contributed by atoms with E-state index in [1.54, 1.807) is 26.0 Å². The van der Waals surface area contributed by atoms with Crippen LogP contribution in [0.25, 0.3) is 0 Å². The maximum absolute atomic E-state index is 12.8. The largest absolute Gasteiger partial charge is 0.481 e. The number of nitrogens with zero attached hydrogens (tertiary/aromatic N) is 1. The standard InChI is InChI=1S/C16H21ClFNO/c1-6-7-15(10-13(4)18)8-9-20-14(5)19-11-16(17)12(2)3/h6-7,10-11H,1-2,8-9H2,3-5H3/b13-10+,15-7-,16-11+,19-14+. The van der Waals surface area contributed by atoms with Gasteiger partial charge in [-0.1, -0.05) is 36.9 Å². The Bertz CT molecular complexity index is 469. The van der Waals surface area contributed by atoms with Crippen LogP contribution in [-0.2, 0) is 4.74 Å². The Hall–Kier alpha value is -1.61. The molecule has 0 aliphatic rings. The van der Waals surface area contributed by atoms with Crippen LogP contribution in [0.4, 0.5) is 4.39 Å². The summed E-state index contributed by atoms with van der Waals surface area (Å²) in [7, 11) is 0. The Balaban J connectivity index is 4.42. The predicted molar refractivity (Wildman–Crippen MR) is 85.6 cm³/mol. The van der Waals surface area contributed by atoms with Crippen molar-refractivity contribution in [2.45, 2.75) is 27.2 Å². The summed E-state index contributed by atoms with van der Waals surface area (Å²) in [5.41, 5.74) is 1.55. The van der Waals surface area contributed by atoms with Gasteiger partial charge in [0.2, 0.25) is 0 Å². The molecule has 0 heterocycles. The van der Waals surface area contributed by atoms with Crippen LogP contribution in [-0.4, -0.2) is 12.5 Å². The normalized spacial score (nSPS) is 14.2. The second-order valence-corrected chi connectivity index (χ2v) is 4.62. The van der Waals surface area contributed by atoms with Gasteiger partial charge in [0.05, 0.1) is 17.5 Å². The summed E-state index contributed by atoms with van der Waals surface area (Å²) >= 11 is 5.87. The predicted octanol–water partition coefficient (Wildman–Crippen LogP) is 5.45. The fourth-order valence-corrected chi connectivity index (χ4v) is 1.27. The van der Waals surface area contributed by atoms with Crippen molar-refractivity contribution in [3.63, 3.8) is 0 Å². The van der Waals surface area contributed by atoms with E-state index in [-0.39, 0.29) is 5.83 Å². The molecule has 0 atom stereocenters. The van der Waals surface area contributed by atoms with E-state index < -0.39 is 0 Å². The van der Waals surface area contributed by atoms with Gasteiger partial charge in [-0.25, -0.2) is 9.38 Å². The van der Waals surface area contributed by atoms with Gasteiger partial charge in [0, 0.05) is 19.5 Å². The number of rotatable bonds is 7. The number of hydrogen-bond donors (Lipinski definition) is 0. The van der Waals surface area contributed by atoms with Crippen LogP contribution in [0.5, 0.6) is 0 Å². The first-order valence-electron chi connectivity index (χ1n) is 6.21. The molecule has 20 heavy (non-hydrogen) atoms. The van der Waals surface area contributed by atoms with E-state index in [0.717, 1.165) is 11.1 Å². The van der Waals surface area contributed by atoms with Gasteiger partial charge < -0.3 is 4.74 Å². The van der Waals surface area contributed by atoms with Crippen LogP contribution in [0.15, 0.2) is 64.6 Å². The number of halogens is 2.